The van der Waals surface area contributed by atoms with Crippen molar-refractivity contribution in [1.82, 2.24) is 10.2 Å². The van der Waals surface area contributed by atoms with E-state index in [1.54, 1.807) is 36.2 Å². The molecule has 5 aromatic carbocycles. The molecule has 0 bridgehead atoms. The minimum Gasteiger partial charge on any atom is -0.508 e. The monoisotopic (exact) mass is 734 g/mol. The van der Waals surface area contributed by atoms with Gasteiger partial charge in [-0.3, -0.25) is 14.5 Å². The molecule has 7 rings (SSSR count). The minimum atomic E-state index is -0.934. The van der Waals surface area contributed by atoms with E-state index in [-0.39, 0.29) is 30.0 Å². The van der Waals surface area contributed by atoms with Crippen molar-refractivity contribution < 1.29 is 29.0 Å². The van der Waals surface area contributed by atoms with Crippen molar-refractivity contribution in [3.8, 4) is 28.7 Å². The molecule has 0 aliphatic carbocycles. The Morgan fingerprint density at radius 3 is 2.25 bits per heavy atom. The number of nitrogens with zero attached hydrogens (tertiary/aromatic N) is 3. The molecule has 0 aromatic heterocycles. The lowest BCUT2D eigenvalue weighted by Gasteiger charge is -2.42. The Kier molecular flexibility index (Phi) is 10.7. The van der Waals surface area contributed by atoms with E-state index in [0.717, 1.165) is 39.8 Å². The van der Waals surface area contributed by atoms with E-state index in [1.165, 1.54) is 19.2 Å². The van der Waals surface area contributed by atoms with Gasteiger partial charge in [0.15, 0.2) is 0 Å². The summed E-state index contributed by atoms with van der Waals surface area (Å²) >= 11 is 0. The number of anilines is 1. The Labute approximate surface area is 320 Å². The van der Waals surface area contributed by atoms with Gasteiger partial charge in [0.1, 0.15) is 17.5 Å². The lowest BCUT2D eigenvalue weighted by atomic mass is 9.88. The summed E-state index contributed by atoms with van der Waals surface area (Å²) in [5, 5.41) is 22.0. The third-order valence-electron chi connectivity index (χ3n) is 10.6. The number of benzene rings is 5. The summed E-state index contributed by atoms with van der Waals surface area (Å²) in [6.07, 6.45) is 0.431. The van der Waals surface area contributed by atoms with Crippen LogP contribution >= 0.6 is 0 Å². The van der Waals surface area contributed by atoms with Crippen LogP contribution in [0.15, 0.2) is 115 Å². The van der Waals surface area contributed by atoms with Crippen LogP contribution in [-0.2, 0) is 38.5 Å². The molecule has 2 amide bonds. The van der Waals surface area contributed by atoms with Crippen LogP contribution in [0.3, 0.4) is 0 Å². The fourth-order valence-corrected chi connectivity index (χ4v) is 7.63. The molecule has 5 aromatic rings. The number of carbonyl (C=O) groups excluding carboxylic acids is 3. The van der Waals surface area contributed by atoms with Gasteiger partial charge in [-0.25, -0.2) is 4.79 Å². The number of esters is 1. The molecule has 0 spiro atoms. The van der Waals surface area contributed by atoms with Gasteiger partial charge in [0, 0.05) is 31.6 Å². The zero-order valence-electron chi connectivity index (χ0n) is 30.9. The highest BCUT2D eigenvalue weighted by molar-refractivity contribution is 6.00. The first-order chi connectivity index (χ1) is 26.7. The fourth-order valence-electron chi connectivity index (χ4n) is 7.63. The molecule has 278 valence electrons. The van der Waals surface area contributed by atoms with Gasteiger partial charge < -0.3 is 24.8 Å². The Morgan fingerprint density at radius 1 is 0.945 bits per heavy atom. The van der Waals surface area contributed by atoms with Crippen molar-refractivity contribution >= 4 is 23.5 Å². The number of hydrogen-bond donors (Lipinski definition) is 2. The first kappa shape index (κ1) is 36.9. The van der Waals surface area contributed by atoms with Gasteiger partial charge in [-0.2, -0.15) is 5.26 Å². The van der Waals surface area contributed by atoms with Crippen LogP contribution in [0.2, 0.25) is 0 Å². The molecule has 55 heavy (non-hydrogen) atoms. The van der Waals surface area contributed by atoms with Gasteiger partial charge in [0.2, 0.25) is 12.0 Å². The number of ether oxygens (including phenoxy) is 2. The maximum atomic E-state index is 14.5. The summed E-state index contributed by atoms with van der Waals surface area (Å²) in [7, 11) is 3.03. The molecule has 0 saturated carbocycles. The Balaban J connectivity index is 1.17. The van der Waals surface area contributed by atoms with Crippen LogP contribution in [0, 0.1) is 11.3 Å². The summed E-state index contributed by atoms with van der Waals surface area (Å²) in [5.41, 5.74) is 7.57. The third-order valence-corrected chi connectivity index (χ3v) is 10.6. The van der Waals surface area contributed by atoms with Gasteiger partial charge in [-0.05, 0) is 82.6 Å². The number of nitriles is 1. The average Bonchev–Trinajstić information content (AvgIpc) is 3.22. The predicted molar refractivity (Wildman–Crippen MR) is 208 cm³/mol. The molecule has 10 heteroatoms. The zero-order valence-corrected chi connectivity index (χ0v) is 30.9. The van der Waals surface area contributed by atoms with Gasteiger partial charge in [0.05, 0.1) is 30.5 Å². The Bertz CT molecular complexity index is 2230. The summed E-state index contributed by atoms with van der Waals surface area (Å²) in [6, 6.07) is 36.0. The van der Waals surface area contributed by atoms with Crippen LogP contribution in [0.25, 0.3) is 11.1 Å². The number of aromatic hydroxyl groups is 1. The number of phenols is 1. The van der Waals surface area contributed by atoms with E-state index >= 15 is 0 Å². The Morgan fingerprint density at radius 2 is 1.62 bits per heavy atom. The molecule has 0 radical (unpaired) electrons. The van der Waals surface area contributed by atoms with Gasteiger partial charge in [-0.1, -0.05) is 85.8 Å². The molecule has 2 aliphatic rings. The number of rotatable bonds is 10. The topological polar surface area (TPSA) is 132 Å². The van der Waals surface area contributed by atoms with E-state index in [2.05, 4.69) is 35.3 Å². The molecule has 10 nitrogen and oxygen atoms in total. The summed E-state index contributed by atoms with van der Waals surface area (Å²) in [4.78, 5) is 45.0. The molecular formula is C45H42N4O6. The van der Waals surface area contributed by atoms with Gasteiger partial charge in [-0.15, -0.1) is 0 Å². The second-order valence-electron chi connectivity index (χ2n) is 14.0. The number of hydrogen-bond acceptors (Lipinski definition) is 8. The SMILES string of the molecule is CC[C@H](c1ccccc1)N1Cc2cc3c(cc2C[C@H]1C(=O)N[C@@H](Cc1ccc(-c2ccc(C#N)cc2)cc1)C(=O)OC)N(C)C(=O)[C@H](c1ccc(O)cc1)O3. The minimum absolute atomic E-state index is 0.102. The normalized spacial score (nSPS) is 17.5. The highest BCUT2D eigenvalue weighted by Crippen LogP contribution is 2.43. The second-order valence-corrected chi connectivity index (χ2v) is 14.0. The highest BCUT2D eigenvalue weighted by Gasteiger charge is 2.40. The average molecular weight is 735 g/mol. The van der Waals surface area contributed by atoms with Crippen molar-refractivity contribution in [2.24, 2.45) is 0 Å². The standard InChI is InChI=1S/C45H42N4O6/c1-4-38(32-8-6-5-7-9-32)49-27-35-25-41-39(48(2)44(52)42(55-41)33-18-20-36(50)21-19-33)23-34(35)24-40(49)43(51)47-37(45(53)54-3)22-28-10-14-30(15-11-28)31-16-12-29(26-46)13-17-31/h5-21,23,25,37-38,40,42,50H,4,22,24,27H2,1-3H3,(H,47,51)/t37-,38+,40-,42-/m0/s1. The molecule has 0 fully saturated rings. The van der Waals surface area contributed by atoms with Crippen LogP contribution in [-0.4, -0.2) is 54.0 Å². The molecular weight excluding hydrogens is 693 g/mol. The number of nitrogens with one attached hydrogen (secondary N) is 1. The smallest absolute Gasteiger partial charge is 0.328 e. The highest BCUT2D eigenvalue weighted by atomic mass is 16.5. The fraction of sp³-hybridized carbons (Fsp3) is 0.244. The third kappa shape index (κ3) is 7.66. The zero-order chi connectivity index (χ0) is 38.6. The van der Waals surface area contributed by atoms with Gasteiger partial charge >= 0.3 is 5.97 Å². The largest absolute Gasteiger partial charge is 0.508 e. The first-order valence-electron chi connectivity index (χ1n) is 18.3. The lowest BCUT2D eigenvalue weighted by Crippen LogP contribution is -2.55. The summed E-state index contributed by atoms with van der Waals surface area (Å²) in [6.45, 7) is 2.53. The van der Waals surface area contributed by atoms with Crippen LogP contribution in [0.4, 0.5) is 5.69 Å². The summed E-state index contributed by atoms with van der Waals surface area (Å²) < 4.78 is 11.5. The first-order valence-corrected chi connectivity index (χ1v) is 18.3. The Hall–Kier alpha value is -6.44. The number of amides is 2. The van der Waals surface area contributed by atoms with Crippen molar-refractivity contribution in [2.45, 2.75) is 57.0 Å². The van der Waals surface area contributed by atoms with Crippen molar-refractivity contribution in [1.29, 1.82) is 5.26 Å². The maximum Gasteiger partial charge on any atom is 0.328 e. The van der Waals surface area contributed by atoms with Crippen molar-refractivity contribution in [3.05, 3.63) is 149 Å². The maximum absolute atomic E-state index is 14.5. The lowest BCUT2D eigenvalue weighted by molar-refractivity contribution is -0.146. The predicted octanol–water partition coefficient (Wildman–Crippen LogP) is 6.81. The molecule has 0 saturated heterocycles. The number of phenolic OH excluding ortho intramolecular Hbond substituents is 1. The summed E-state index contributed by atoms with van der Waals surface area (Å²) in [5.74, 6) is -0.422. The molecule has 0 unspecified atom stereocenters. The second kappa shape index (κ2) is 15.9. The van der Waals surface area contributed by atoms with Gasteiger partial charge in [0.25, 0.3) is 5.91 Å². The van der Waals surface area contributed by atoms with Crippen LogP contribution in [0.5, 0.6) is 11.5 Å². The molecule has 2 heterocycles. The van der Waals surface area contributed by atoms with E-state index in [1.807, 2.05) is 66.7 Å². The number of methoxy groups -OCH3 is 1. The van der Waals surface area contributed by atoms with Crippen molar-refractivity contribution in [3.63, 3.8) is 0 Å². The van der Waals surface area contributed by atoms with E-state index in [4.69, 9.17) is 14.7 Å². The van der Waals surface area contributed by atoms with E-state index in [9.17, 15) is 19.5 Å². The number of carbonyl (C=O) groups is 3. The van der Waals surface area contributed by atoms with E-state index < -0.39 is 24.2 Å². The number of fused-ring (bicyclic) bond motifs is 2. The van der Waals surface area contributed by atoms with Crippen molar-refractivity contribution in [2.75, 3.05) is 19.1 Å². The van der Waals surface area contributed by atoms with Crippen LogP contribution < -0.4 is 15.0 Å². The van der Waals surface area contributed by atoms with Crippen LogP contribution in [0.1, 0.15) is 58.9 Å². The number of likely N-dealkylation sites (N-methyl/N-ethyl adjacent to an activating group) is 1. The quantitative estimate of drug-likeness (QED) is 0.150. The van der Waals surface area contributed by atoms with E-state index in [0.29, 0.717) is 35.5 Å². The molecule has 4 atom stereocenters. The molecule has 2 N–H and O–H groups in total. The molecule has 2 aliphatic heterocycles.